The average Bonchev–Trinajstić information content (AvgIpc) is 2.88. The Balaban J connectivity index is 1.70. The van der Waals surface area contributed by atoms with Gasteiger partial charge in [0.1, 0.15) is 12.9 Å². The summed E-state index contributed by atoms with van der Waals surface area (Å²) >= 11 is 0. The molecule has 0 atom stereocenters. The van der Waals surface area contributed by atoms with Gasteiger partial charge in [0.05, 0.1) is 0 Å². The maximum atomic E-state index is 11.9. The molecule has 0 aromatic carbocycles. The first-order valence-electron chi connectivity index (χ1n) is 8.12. The predicted octanol–water partition coefficient (Wildman–Crippen LogP) is 2.66. The van der Waals surface area contributed by atoms with Gasteiger partial charge in [-0.2, -0.15) is 5.10 Å². The fraction of sp³-hybridized carbons (Fsp3) is 0.812. The van der Waals surface area contributed by atoms with Crippen molar-refractivity contribution in [2.45, 2.75) is 71.3 Å². The first-order chi connectivity index (χ1) is 9.95. The molecule has 1 aromatic heterocycles. The van der Waals surface area contributed by atoms with Crippen LogP contribution in [0.25, 0.3) is 0 Å². The first-order valence-corrected chi connectivity index (χ1v) is 8.12. The Bertz CT molecular complexity index is 455. The smallest absolute Gasteiger partial charge is 0.241 e. The van der Waals surface area contributed by atoms with E-state index in [0.29, 0.717) is 0 Å². The highest BCUT2D eigenvalue weighted by atomic mass is 16.2. The molecule has 1 aliphatic rings. The highest BCUT2D eigenvalue weighted by molar-refractivity contribution is 5.75. The van der Waals surface area contributed by atoms with Gasteiger partial charge in [0.25, 0.3) is 0 Å². The number of hydrogen-bond acceptors (Lipinski definition) is 3. The van der Waals surface area contributed by atoms with Crippen LogP contribution < -0.4 is 5.32 Å². The Labute approximate surface area is 127 Å². The second kappa shape index (κ2) is 7.05. The molecule has 1 aliphatic carbocycles. The maximum Gasteiger partial charge on any atom is 0.241 e. The molecule has 118 valence electrons. The van der Waals surface area contributed by atoms with E-state index in [2.05, 4.69) is 36.2 Å². The minimum absolute atomic E-state index is 0.0242. The quantitative estimate of drug-likeness (QED) is 0.907. The van der Waals surface area contributed by atoms with Crippen LogP contribution in [0.15, 0.2) is 6.33 Å². The largest absolute Gasteiger partial charge is 0.354 e. The molecule has 1 N–H and O–H groups in total. The van der Waals surface area contributed by atoms with E-state index in [9.17, 15) is 4.79 Å². The zero-order valence-electron chi connectivity index (χ0n) is 13.6. The van der Waals surface area contributed by atoms with E-state index in [1.165, 1.54) is 32.1 Å². The van der Waals surface area contributed by atoms with Gasteiger partial charge in [0.15, 0.2) is 5.82 Å². The van der Waals surface area contributed by atoms with Crippen LogP contribution in [0.5, 0.6) is 0 Å². The van der Waals surface area contributed by atoms with E-state index < -0.39 is 0 Å². The summed E-state index contributed by atoms with van der Waals surface area (Å²) in [5.41, 5.74) is -0.0806. The fourth-order valence-electron chi connectivity index (χ4n) is 2.81. The number of rotatable bonds is 5. The molecule has 0 spiro atoms. The molecule has 5 nitrogen and oxygen atoms in total. The summed E-state index contributed by atoms with van der Waals surface area (Å²) in [4.78, 5) is 16.2. The summed E-state index contributed by atoms with van der Waals surface area (Å²) < 4.78 is 1.62. The molecule has 0 radical (unpaired) electrons. The number of amides is 1. The van der Waals surface area contributed by atoms with Crippen LogP contribution in [0.4, 0.5) is 0 Å². The molecule has 1 fully saturated rings. The van der Waals surface area contributed by atoms with Crippen molar-refractivity contribution >= 4 is 5.91 Å². The zero-order valence-corrected chi connectivity index (χ0v) is 13.6. The van der Waals surface area contributed by atoms with Crippen LogP contribution >= 0.6 is 0 Å². The Morgan fingerprint density at radius 2 is 2.05 bits per heavy atom. The molecule has 0 aliphatic heterocycles. The van der Waals surface area contributed by atoms with Crippen LogP contribution in [0.3, 0.4) is 0 Å². The van der Waals surface area contributed by atoms with Crippen LogP contribution in [-0.2, 0) is 16.8 Å². The van der Waals surface area contributed by atoms with Crippen LogP contribution in [0.2, 0.25) is 0 Å². The Morgan fingerprint density at radius 3 is 2.67 bits per heavy atom. The second-order valence-corrected chi connectivity index (χ2v) is 7.16. The number of nitrogens with zero attached hydrogens (tertiary/aromatic N) is 3. The van der Waals surface area contributed by atoms with Crippen molar-refractivity contribution in [3.05, 3.63) is 12.2 Å². The highest BCUT2D eigenvalue weighted by Crippen LogP contribution is 2.25. The summed E-state index contributed by atoms with van der Waals surface area (Å²) in [5, 5.41) is 7.36. The lowest BCUT2D eigenvalue weighted by molar-refractivity contribution is -0.121. The number of aromatic nitrogens is 3. The minimum Gasteiger partial charge on any atom is -0.354 e. The van der Waals surface area contributed by atoms with E-state index in [0.717, 1.165) is 24.7 Å². The Morgan fingerprint density at radius 1 is 1.33 bits per heavy atom. The van der Waals surface area contributed by atoms with Gasteiger partial charge in [0.2, 0.25) is 5.91 Å². The molecule has 2 rings (SSSR count). The SMILES string of the molecule is CC(C)(C)c1ncn(CC(=O)NCCC2CCCCC2)n1. The van der Waals surface area contributed by atoms with E-state index in [4.69, 9.17) is 0 Å². The lowest BCUT2D eigenvalue weighted by atomic mass is 9.87. The summed E-state index contributed by atoms with van der Waals surface area (Å²) in [7, 11) is 0. The van der Waals surface area contributed by atoms with Gasteiger partial charge in [-0.25, -0.2) is 9.67 Å². The van der Waals surface area contributed by atoms with Gasteiger partial charge in [0, 0.05) is 12.0 Å². The van der Waals surface area contributed by atoms with Crippen LogP contribution in [0.1, 0.15) is 65.1 Å². The molecule has 5 heteroatoms. The molecule has 0 unspecified atom stereocenters. The van der Waals surface area contributed by atoms with Crippen molar-refractivity contribution < 1.29 is 4.79 Å². The molecule has 1 aromatic rings. The Kier molecular flexibility index (Phi) is 5.37. The van der Waals surface area contributed by atoms with E-state index in [1.807, 2.05) is 0 Å². The lowest BCUT2D eigenvalue weighted by Crippen LogP contribution is -2.30. The lowest BCUT2D eigenvalue weighted by Gasteiger charge is -2.21. The summed E-state index contributed by atoms with van der Waals surface area (Å²) in [6.07, 6.45) is 9.49. The molecule has 0 bridgehead atoms. The van der Waals surface area contributed by atoms with Gasteiger partial charge in [-0.15, -0.1) is 0 Å². The molecule has 21 heavy (non-hydrogen) atoms. The van der Waals surface area contributed by atoms with Crippen molar-refractivity contribution in [3.8, 4) is 0 Å². The molecular formula is C16H28N4O. The number of hydrogen-bond donors (Lipinski definition) is 1. The van der Waals surface area contributed by atoms with Gasteiger partial charge < -0.3 is 5.32 Å². The third-order valence-corrected chi connectivity index (χ3v) is 4.11. The summed E-state index contributed by atoms with van der Waals surface area (Å²) in [6.45, 7) is 7.24. The predicted molar refractivity (Wildman–Crippen MR) is 82.9 cm³/mol. The highest BCUT2D eigenvalue weighted by Gasteiger charge is 2.19. The third-order valence-electron chi connectivity index (χ3n) is 4.11. The van der Waals surface area contributed by atoms with Crippen LogP contribution in [-0.4, -0.2) is 27.2 Å². The van der Waals surface area contributed by atoms with E-state index in [1.54, 1.807) is 11.0 Å². The third kappa shape index (κ3) is 5.14. The van der Waals surface area contributed by atoms with Crippen molar-refractivity contribution in [1.82, 2.24) is 20.1 Å². The van der Waals surface area contributed by atoms with Gasteiger partial charge in [-0.3, -0.25) is 4.79 Å². The molecule has 1 saturated carbocycles. The topological polar surface area (TPSA) is 59.8 Å². The van der Waals surface area contributed by atoms with E-state index in [-0.39, 0.29) is 17.9 Å². The number of nitrogens with one attached hydrogen (secondary N) is 1. The molecule has 1 amide bonds. The Hall–Kier alpha value is -1.39. The molecule has 0 saturated heterocycles. The van der Waals surface area contributed by atoms with E-state index >= 15 is 0 Å². The summed E-state index contributed by atoms with van der Waals surface area (Å²) in [6, 6.07) is 0. The van der Waals surface area contributed by atoms with Gasteiger partial charge >= 0.3 is 0 Å². The summed E-state index contributed by atoms with van der Waals surface area (Å²) in [5.74, 6) is 1.60. The van der Waals surface area contributed by atoms with Gasteiger partial charge in [-0.05, 0) is 12.3 Å². The van der Waals surface area contributed by atoms with Crippen LogP contribution in [0, 0.1) is 5.92 Å². The standard InChI is InChI=1S/C16H28N4O/c1-16(2,3)15-18-12-20(19-15)11-14(21)17-10-9-13-7-5-4-6-8-13/h12-13H,4-11H2,1-3H3,(H,17,21). The van der Waals surface area contributed by atoms with Crippen molar-refractivity contribution in [2.75, 3.05) is 6.54 Å². The average molecular weight is 292 g/mol. The zero-order chi connectivity index (χ0) is 15.3. The number of carbonyl (C=O) groups is 1. The normalized spacial score (nSPS) is 16.9. The number of carbonyl (C=O) groups excluding carboxylic acids is 1. The second-order valence-electron chi connectivity index (χ2n) is 7.16. The maximum absolute atomic E-state index is 11.9. The monoisotopic (exact) mass is 292 g/mol. The fourth-order valence-corrected chi connectivity index (χ4v) is 2.81. The van der Waals surface area contributed by atoms with Crippen molar-refractivity contribution in [2.24, 2.45) is 5.92 Å². The first kappa shape index (κ1) is 16.0. The molecular weight excluding hydrogens is 264 g/mol. The van der Waals surface area contributed by atoms with Gasteiger partial charge in [-0.1, -0.05) is 52.9 Å². The van der Waals surface area contributed by atoms with Crippen molar-refractivity contribution in [3.63, 3.8) is 0 Å². The van der Waals surface area contributed by atoms with Crippen molar-refractivity contribution in [1.29, 1.82) is 0 Å². The minimum atomic E-state index is -0.0806. The molecule has 1 heterocycles.